The van der Waals surface area contributed by atoms with Gasteiger partial charge in [0.1, 0.15) is 5.75 Å². The molecule has 16 heavy (non-hydrogen) atoms. The van der Waals surface area contributed by atoms with Crippen molar-refractivity contribution in [3.05, 3.63) is 35.0 Å². The number of halogens is 1. The van der Waals surface area contributed by atoms with Crippen LogP contribution in [-0.4, -0.2) is 18.0 Å². The second kappa shape index (κ2) is 3.98. The van der Waals surface area contributed by atoms with E-state index < -0.39 is 5.91 Å². The fraction of sp³-hybridized carbons (Fsp3) is 0.0909. The Morgan fingerprint density at radius 1 is 1.44 bits per heavy atom. The quantitative estimate of drug-likeness (QED) is 0.867. The first kappa shape index (κ1) is 10.7. The van der Waals surface area contributed by atoms with E-state index in [-0.39, 0.29) is 0 Å². The summed E-state index contributed by atoms with van der Waals surface area (Å²) in [5, 5.41) is 1.08. The number of pyridine rings is 1. The molecule has 2 N–H and O–H groups in total. The molecule has 0 bridgehead atoms. The van der Waals surface area contributed by atoms with Gasteiger partial charge in [-0.1, -0.05) is 11.6 Å². The third-order valence-electron chi connectivity index (χ3n) is 2.28. The van der Waals surface area contributed by atoms with Gasteiger partial charge in [0.25, 0.3) is 5.91 Å². The molecule has 1 amide bonds. The summed E-state index contributed by atoms with van der Waals surface area (Å²) in [5.74, 6) is -0.193. The summed E-state index contributed by atoms with van der Waals surface area (Å²) in [6.07, 6.45) is 1.59. The fourth-order valence-electron chi connectivity index (χ4n) is 1.58. The number of methoxy groups -OCH3 is 1. The molecule has 5 heteroatoms. The molecule has 0 fully saturated rings. The number of primary amides is 1. The minimum absolute atomic E-state index is 0.296. The van der Waals surface area contributed by atoms with E-state index in [0.717, 1.165) is 0 Å². The van der Waals surface area contributed by atoms with Crippen LogP contribution in [0.2, 0.25) is 5.02 Å². The molecule has 0 unspecified atom stereocenters. The van der Waals surface area contributed by atoms with Gasteiger partial charge in [-0.25, -0.2) is 0 Å². The molecule has 1 aromatic carbocycles. The lowest BCUT2D eigenvalue weighted by Gasteiger charge is -2.09. The first-order chi connectivity index (χ1) is 7.65. The number of amides is 1. The number of nitrogens with zero attached hydrogens (tertiary/aromatic N) is 1. The Morgan fingerprint density at radius 3 is 2.81 bits per heavy atom. The van der Waals surface area contributed by atoms with Gasteiger partial charge in [0, 0.05) is 6.20 Å². The van der Waals surface area contributed by atoms with Crippen molar-refractivity contribution in [3.8, 4) is 5.75 Å². The van der Waals surface area contributed by atoms with Crippen LogP contribution in [0.4, 0.5) is 0 Å². The average Bonchev–Trinajstić information content (AvgIpc) is 2.27. The standard InChI is InChI=1S/C11H9ClN2O2/c1-16-10-6(11(13)15)2-3-8-9(10)7(12)4-5-14-8/h2-5H,1H3,(H2,13,15). The summed E-state index contributed by atoms with van der Waals surface area (Å²) < 4.78 is 5.18. The average molecular weight is 237 g/mol. The van der Waals surface area contributed by atoms with Crippen LogP contribution in [0.15, 0.2) is 24.4 Å². The lowest BCUT2D eigenvalue weighted by atomic mass is 10.1. The molecule has 0 aliphatic heterocycles. The van der Waals surface area contributed by atoms with Crippen molar-refractivity contribution < 1.29 is 9.53 Å². The number of carbonyl (C=O) groups excluding carboxylic acids is 1. The van der Waals surface area contributed by atoms with Gasteiger partial charge < -0.3 is 10.5 Å². The van der Waals surface area contributed by atoms with E-state index in [0.29, 0.717) is 27.2 Å². The summed E-state index contributed by atoms with van der Waals surface area (Å²) in [4.78, 5) is 15.3. The Bertz CT molecular complexity index is 569. The maximum Gasteiger partial charge on any atom is 0.252 e. The van der Waals surface area contributed by atoms with Gasteiger partial charge in [0.15, 0.2) is 0 Å². The number of aromatic nitrogens is 1. The van der Waals surface area contributed by atoms with E-state index in [4.69, 9.17) is 22.1 Å². The molecule has 2 aromatic rings. The normalized spacial score (nSPS) is 10.4. The summed E-state index contributed by atoms with van der Waals surface area (Å²) in [7, 11) is 1.46. The van der Waals surface area contributed by atoms with Crippen LogP contribution in [0.5, 0.6) is 5.75 Å². The molecule has 2 rings (SSSR count). The van der Waals surface area contributed by atoms with E-state index in [1.807, 2.05) is 0 Å². The number of ether oxygens (including phenoxy) is 1. The van der Waals surface area contributed by atoms with Crippen LogP contribution in [0.25, 0.3) is 10.9 Å². The fourth-order valence-corrected chi connectivity index (χ4v) is 1.82. The largest absolute Gasteiger partial charge is 0.495 e. The van der Waals surface area contributed by atoms with Gasteiger partial charge in [-0.15, -0.1) is 0 Å². The van der Waals surface area contributed by atoms with Crippen LogP contribution < -0.4 is 10.5 Å². The lowest BCUT2D eigenvalue weighted by molar-refractivity contribution is 0.0997. The zero-order valence-corrected chi connectivity index (χ0v) is 9.28. The predicted octanol–water partition coefficient (Wildman–Crippen LogP) is 2.00. The topological polar surface area (TPSA) is 65.2 Å². The summed E-state index contributed by atoms with van der Waals surface area (Å²) in [5.41, 5.74) is 6.21. The SMILES string of the molecule is COc1c(C(N)=O)ccc2nccc(Cl)c12. The minimum Gasteiger partial charge on any atom is -0.495 e. The van der Waals surface area contributed by atoms with Crippen molar-refractivity contribution in [2.45, 2.75) is 0 Å². The molecule has 4 nitrogen and oxygen atoms in total. The van der Waals surface area contributed by atoms with Gasteiger partial charge >= 0.3 is 0 Å². The molecule has 0 radical (unpaired) electrons. The van der Waals surface area contributed by atoms with Crippen molar-refractivity contribution in [2.75, 3.05) is 7.11 Å². The zero-order valence-electron chi connectivity index (χ0n) is 8.53. The van der Waals surface area contributed by atoms with Crippen LogP contribution in [0.1, 0.15) is 10.4 Å². The minimum atomic E-state index is -0.557. The van der Waals surface area contributed by atoms with E-state index >= 15 is 0 Å². The van der Waals surface area contributed by atoms with E-state index in [1.54, 1.807) is 24.4 Å². The van der Waals surface area contributed by atoms with Gasteiger partial charge in [-0.2, -0.15) is 0 Å². The van der Waals surface area contributed by atoms with Crippen molar-refractivity contribution >= 4 is 28.4 Å². The Labute approximate surface area is 97.0 Å². The smallest absolute Gasteiger partial charge is 0.252 e. The number of hydrogen-bond acceptors (Lipinski definition) is 3. The lowest BCUT2D eigenvalue weighted by Crippen LogP contribution is -2.12. The molecular formula is C11H9ClN2O2. The van der Waals surface area contributed by atoms with E-state index in [2.05, 4.69) is 4.98 Å². The monoisotopic (exact) mass is 236 g/mol. The van der Waals surface area contributed by atoms with E-state index in [9.17, 15) is 4.79 Å². The number of hydrogen-bond donors (Lipinski definition) is 1. The Kier molecular flexibility index (Phi) is 2.66. The molecular weight excluding hydrogens is 228 g/mol. The molecule has 0 saturated heterocycles. The van der Waals surface area contributed by atoms with Gasteiger partial charge in [-0.05, 0) is 18.2 Å². The first-order valence-electron chi connectivity index (χ1n) is 4.56. The third-order valence-corrected chi connectivity index (χ3v) is 2.59. The van der Waals surface area contributed by atoms with Crippen molar-refractivity contribution in [1.29, 1.82) is 0 Å². The van der Waals surface area contributed by atoms with E-state index in [1.165, 1.54) is 7.11 Å². The molecule has 0 aliphatic rings. The molecule has 0 atom stereocenters. The van der Waals surface area contributed by atoms with Gasteiger partial charge in [-0.3, -0.25) is 9.78 Å². The van der Waals surface area contributed by atoms with Crippen molar-refractivity contribution in [2.24, 2.45) is 5.73 Å². The second-order valence-electron chi connectivity index (χ2n) is 3.20. The first-order valence-corrected chi connectivity index (χ1v) is 4.94. The highest BCUT2D eigenvalue weighted by atomic mass is 35.5. The predicted molar refractivity (Wildman–Crippen MR) is 61.8 cm³/mol. The Hall–Kier alpha value is -1.81. The van der Waals surface area contributed by atoms with Crippen molar-refractivity contribution in [3.63, 3.8) is 0 Å². The highest BCUT2D eigenvalue weighted by molar-refractivity contribution is 6.36. The number of rotatable bonds is 2. The highest BCUT2D eigenvalue weighted by Crippen LogP contribution is 2.33. The van der Waals surface area contributed by atoms with Gasteiger partial charge in [0.05, 0.1) is 28.6 Å². The highest BCUT2D eigenvalue weighted by Gasteiger charge is 2.15. The Balaban J connectivity index is 2.89. The molecule has 0 spiro atoms. The van der Waals surface area contributed by atoms with Crippen LogP contribution >= 0.6 is 11.6 Å². The number of carbonyl (C=O) groups is 1. The summed E-state index contributed by atoms with van der Waals surface area (Å²) in [6.45, 7) is 0. The van der Waals surface area contributed by atoms with Gasteiger partial charge in [0.2, 0.25) is 0 Å². The second-order valence-corrected chi connectivity index (χ2v) is 3.60. The third kappa shape index (κ3) is 1.57. The molecule has 0 saturated carbocycles. The molecule has 0 aliphatic carbocycles. The Morgan fingerprint density at radius 2 is 2.19 bits per heavy atom. The van der Waals surface area contributed by atoms with Crippen molar-refractivity contribution in [1.82, 2.24) is 4.98 Å². The number of benzene rings is 1. The maximum absolute atomic E-state index is 11.2. The molecule has 1 heterocycles. The number of nitrogens with two attached hydrogens (primary N) is 1. The molecule has 82 valence electrons. The van der Waals surface area contributed by atoms with Crippen LogP contribution in [0.3, 0.4) is 0 Å². The number of fused-ring (bicyclic) bond motifs is 1. The summed E-state index contributed by atoms with van der Waals surface area (Å²) >= 11 is 6.05. The molecule has 1 aromatic heterocycles. The van der Waals surface area contributed by atoms with Crippen LogP contribution in [0, 0.1) is 0 Å². The summed E-state index contributed by atoms with van der Waals surface area (Å²) in [6, 6.07) is 4.90. The van der Waals surface area contributed by atoms with Crippen LogP contribution in [-0.2, 0) is 0 Å². The maximum atomic E-state index is 11.2. The zero-order chi connectivity index (χ0) is 11.7.